The molecular weight excluding hydrogens is 591 g/mol. The number of carbonyl (C=O) groups excluding carboxylic acids is 1. The fourth-order valence-electron chi connectivity index (χ4n) is 5.59. The van der Waals surface area contributed by atoms with Crippen molar-refractivity contribution in [2.75, 3.05) is 19.6 Å². The van der Waals surface area contributed by atoms with E-state index in [1.807, 2.05) is 0 Å². The highest BCUT2D eigenvalue weighted by molar-refractivity contribution is 7.92. The molecule has 2 aliphatic rings. The molecule has 0 aromatic heterocycles. The van der Waals surface area contributed by atoms with Crippen LogP contribution >= 0.6 is 0 Å². The van der Waals surface area contributed by atoms with Crippen molar-refractivity contribution < 1.29 is 34.8 Å². The van der Waals surface area contributed by atoms with E-state index in [2.05, 4.69) is 16.6 Å². The Morgan fingerprint density at radius 1 is 0.976 bits per heavy atom. The minimum Gasteiger partial charge on any atom is -0.351 e. The fraction of sp³-hybridized carbons (Fsp3) is 0.483. The van der Waals surface area contributed by atoms with E-state index in [4.69, 9.17) is 0 Å². The van der Waals surface area contributed by atoms with Crippen molar-refractivity contribution in [1.82, 2.24) is 14.3 Å². The van der Waals surface area contributed by atoms with Crippen molar-refractivity contribution in [3.05, 3.63) is 77.2 Å². The summed E-state index contributed by atoms with van der Waals surface area (Å²) in [5.74, 6) is -0.608. The Hall–Kier alpha value is -2.74. The third-order valence-electron chi connectivity index (χ3n) is 8.07. The summed E-state index contributed by atoms with van der Waals surface area (Å²) in [6.45, 7) is 3.88. The fourth-order valence-corrected chi connectivity index (χ4v) is 7.71. The summed E-state index contributed by atoms with van der Waals surface area (Å²) in [7, 11) is -7.42. The summed E-state index contributed by atoms with van der Waals surface area (Å²) in [5.41, 5.74) is 0.455. The molecule has 2 aromatic rings. The minimum absolute atomic E-state index is 0.0731. The van der Waals surface area contributed by atoms with E-state index in [-0.39, 0.29) is 42.9 Å². The number of carbonyl (C=O) groups is 1. The SMILES string of the molecule is C=CS(=O)(=O)NC[C@H]1CCN(S(=O)(=O)c2ccc(C(CC3CCCC3)C(=O)NCc3ccc(C(F)(F)F)cc3)cc2)C1. The molecule has 1 amide bonds. The smallest absolute Gasteiger partial charge is 0.351 e. The second kappa shape index (κ2) is 13.3. The quantitative estimate of drug-likeness (QED) is 0.353. The molecule has 2 atom stereocenters. The Bertz CT molecular complexity index is 1460. The summed E-state index contributed by atoms with van der Waals surface area (Å²) in [5, 5.41) is 3.66. The first kappa shape index (κ1) is 32.2. The van der Waals surface area contributed by atoms with Gasteiger partial charge in [0.15, 0.2) is 0 Å². The van der Waals surface area contributed by atoms with Crippen LogP contribution in [0.1, 0.15) is 61.1 Å². The largest absolute Gasteiger partial charge is 0.416 e. The maximum absolute atomic E-state index is 13.3. The number of sulfonamides is 2. The first-order valence-corrected chi connectivity index (χ1v) is 16.9. The van der Waals surface area contributed by atoms with Crippen LogP contribution in [0.4, 0.5) is 13.2 Å². The van der Waals surface area contributed by atoms with Gasteiger partial charge in [-0.3, -0.25) is 4.79 Å². The minimum atomic E-state index is -4.43. The van der Waals surface area contributed by atoms with Gasteiger partial charge in [-0.2, -0.15) is 17.5 Å². The molecule has 42 heavy (non-hydrogen) atoms. The van der Waals surface area contributed by atoms with Gasteiger partial charge in [0.05, 0.1) is 16.4 Å². The van der Waals surface area contributed by atoms with Crippen molar-refractivity contribution in [2.45, 2.75) is 62.1 Å². The van der Waals surface area contributed by atoms with Gasteiger partial charge >= 0.3 is 6.18 Å². The number of benzene rings is 2. The van der Waals surface area contributed by atoms with Crippen LogP contribution in [0, 0.1) is 11.8 Å². The van der Waals surface area contributed by atoms with Crippen molar-refractivity contribution in [2.24, 2.45) is 11.8 Å². The molecule has 1 unspecified atom stereocenters. The maximum Gasteiger partial charge on any atom is 0.416 e. The number of nitrogens with one attached hydrogen (secondary N) is 2. The molecule has 1 saturated heterocycles. The van der Waals surface area contributed by atoms with E-state index in [1.54, 1.807) is 12.1 Å². The lowest BCUT2D eigenvalue weighted by molar-refractivity contribution is -0.137. The van der Waals surface area contributed by atoms with Crippen LogP contribution in [0.3, 0.4) is 0 Å². The zero-order valence-corrected chi connectivity index (χ0v) is 24.8. The summed E-state index contributed by atoms with van der Waals surface area (Å²) in [6.07, 6.45) is 0.874. The number of nitrogens with zero attached hydrogens (tertiary/aromatic N) is 1. The van der Waals surface area contributed by atoms with Crippen molar-refractivity contribution in [3.63, 3.8) is 0 Å². The van der Waals surface area contributed by atoms with Gasteiger partial charge in [0.1, 0.15) is 0 Å². The average Bonchev–Trinajstić information content (AvgIpc) is 3.66. The molecule has 0 radical (unpaired) electrons. The highest BCUT2D eigenvalue weighted by atomic mass is 32.2. The third kappa shape index (κ3) is 8.21. The van der Waals surface area contributed by atoms with Gasteiger partial charge in [-0.25, -0.2) is 21.6 Å². The summed E-state index contributed by atoms with van der Waals surface area (Å²) in [6, 6.07) is 10.9. The maximum atomic E-state index is 13.3. The topological polar surface area (TPSA) is 113 Å². The van der Waals surface area contributed by atoms with E-state index >= 15 is 0 Å². The lowest BCUT2D eigenvalue weighted by Gasteiger charge is -2.22. The molecule has 8 nitrogen and oxygen atoms in total. The second-order valence-electron chi connectivity index (χ2n) is 11.0. The molecule has 1 heterocycles. The molecular formula is C29H36F3N3O5S2. The van der Waals surface area contributed by atoms with Gasteiger partial charge in [-0.15, -0.1) is 0 Å². The standard InChI is InChI=1S/C29H36F3N3O5S2/c1-2-41(37,38)34-19-23-15-16-35(20-23)42(39,40)26-13-9-24(10-14-26)27(17-21-5-3-4-6-21)28(36)33-18-22-7-11-25(12-8-22)29(30,31)32/h2,7-14,21,23,27,34H,1,3-6,15-20H2,(H,33,36)/t23-,27?/m1/s1. The number of alkyl halides is 3. The molecule has 1 aliphatic heterocycles. The lowest BCUT2D eigenvalue weighted by atomic mass is 9.87. The molecule has 1 aliphatic carbocycles. The van der Waals surface area contributed by atoms with E-state index in [0.29, 0.717) is 29.9 Å². The number of rotatable bonds is 12. The number of hydrogen-bond acceptors (Lipinski definition) is 5. The average molecular weight is 628 g/mol. The Kier molecular flexibility index (Phi) is 10.2. The molecule has 2 aromatic carbocycles. The van der Waals surface area contributed by atoms with Gasteiger partial charge in [-0.1, -0.05) is 56.5 Å². The molecule has 4 rings (SSSR count). The first-order valence-electron chi connectivity index (χ1n) is 13.9. The van der Waals surface area contributed by atoms with E-state index in [0.717, 1.165) is 43.2 Å². The first-order chi connectivity index (χ1) is 19.8. The van der Waals surface area contributed by atoms with Crippen LogP contribution in [0.15, 0.2) is 65.4 Å². The molecule has 2 fully saturated rings. The van der Waals surface area contributed by atoms with Crippen molar-refractivity contribution >= 4 is 26.0 Å². The molecule has 0 bridgehead atoms. The molecule has 2 N–H and O–H groups in total. The van der Waals surface area contributed by atoms with Crippen LogP contribution in [-0.2, 0) is 37.6 Å². The van der Waals surface area contributed by atoms with Crippen LogP contribution in [0.5, 0.6) is 0 Å². The number of hydrogen-bond donors (Lipinski definition) is 2. The van der Waals surface area contributed by atoms with Gasteiger partial charge in [-0.05, 0) is 60.1 Å². The van der Waals surface area contributed by atoms with Gasteiger partial charge < -0.3 is 5.32 Å². The Morgan fingerprint density at radius 2 is 1.62 bits per heavy atom. The Balaban J connectivity index is 1.43. The molecule has 13 heteroatoms. The molecule has 0 spiro atoms. The van der Waals surface area contributed by atoms with E-state index < -0.39 is 37.7 Å². The highest BCUT2D eigenvalue weighted by Crippen LogP contribution is 2.35. The Morgan fingerprint density at radius 3 is 2.21 bits per heavy atom. The summed E-state index contributed by atoms with van der Waals surface area (Å²) < 4.78 is 92.2. The van der Waals surface area contributed by atoms with Gasteiger partial charge in [0, 0.05) is 31.6 Å². The third-order valence-corrected chi connectivity index (χ3v) is 11.0. The van der Waals surface area contributed by atoms with Gasteiger partial charge in [0.25, 0.3) is 0 Å². The summed E-state index contributed by atoms with van der Waals surface area (Å²) >= 11 is 0. The van der Waals surface area contributed by atoms with Crippen molar-refractivity contribution in [3.8, 4) is 0 Å². The van der Waals surface area contributed by atoms with Crippen LogP contribution < -0.4 is 10.0 Å². The van der Waals surface area contributed by atoms with E-state index in [1.165, 1.54) is 28.6 Å². The second-order valence-corrected chi connectivity index (χ2v) is 14.6. The number of amides is 1. The van der Waals surface area contributed by atoms with E-state index in [9.17, 15) is 34.8 Å². The highest BCUT2D eigenvalue weighted by Gasteiger charge is 2.34. The Labute approximate surface area is 245 Å². The van der Waals surface area contributed by atoms with Crippen LogP contribution in [0.2, 0.25) is 0 Å². The van der Waals surface area contributed by atoms with Crippen molar-refractivity contribution in [1.29, 1.82) is 0 Å². The van der Waals surface area contributed by atoms with Gasteiger partial charge in [0.2, 0.25) is 26.0 Å². The molecule has 1 saturated carbocycles. The van der Waals surface area contributed by atoms with Crippen LogP contribution in [0.25, 0.3) is 0 Å². The monoisotopic (exact) mass is 627 g/mol. The van der Waals surface area contributed by atoms with Crippen LogP contribution in [-0.4, -0.2) is 46.7 Å². The summed E-state index contributed by atoms with van der Waals surface area (Å²) in [4.78, 5) is 13.4. The predicted molar refractivity (Wildman–Crippen MR) is 153 cm³/mol. The lowest BCUT2D eigenvalue weighted by Crippen LogP contribution is -2.32. The number of halogens is 3. The predicted octanol–water partition coefficient (Wildman–Crippen LogP) is 4.76. The zero-order chi connectivity index (χ0) is 30.5. The zero-order valence-electron chi connectivity index (χ0n) is 23.1. The molecule has 230 valence electrons. The normalized spacial score (nSPS) is 19.5.